The average Bonchev–Trinajstić information content (AvgIpc) is 3.42. The second-order valence-electron chi connectivity index (χ2n) is 21.6. The summed E-state index contributed by atoms with van der Waals surface area (Å²) in [4.78, 5) is 38.1. The van der Waals surface area contributed by atoms with Gasteiger partial charge in [0.1, 0.15) is 13.2 Å². The van der Waals surface area contributed by atoms with E-state index in [0.717, 1.165) is 96.3 Å². The van der Waals surface area contributed by atoms with Crippen LogP contribution in [0.1, 0.15) is 323 Å². The van der Waals surface area contributed by atoms with E-state index in [9.17, 15) is 14.4 Å². The molecule has 0 radical (unpaired) electrons. The molecule has 0 spiro atoms. The Bertz CT molecular complexity index is 1450. The van der Waals surface area contributed by atoms with Crippen molar-refractivity contribution in [2.75, 3.05) is 13.2 Å². The molecule has 0 amide bonds. The van der Waals surface area contributed by atoms with Gasteiger partial charge in [0.2, 0.25) is 0 Å². The van der Waals surface area contributed by atoms with Gasteiger partial charge in [0.15, 0.2) is 6.10 Å². The van der Waals surface area contributed by atoms with Gasteiger partial charge < -0.3 is 14.2 Å². The summed E-state index contributed by atoms with van der Waals surface area (Å²) in [6.07, 6.45) is 85.0. The quantitative estimate of drug-likeness (QED) is 0.0261. The summed E-state index contributed by atoms with van der Waals surface area (Å²) in [5.74, 6) is -0.993. The molecular weight excluding hydrogens is 937 g/mol. The molecule has 0 bridgehead atoms. The summed E-state index contributed by atoms with van der Waals surface area (Å²) in [5, 5.41) is 0. The van der Waals surface area contributed by atoms with Crippen LogP contribution in [0.25, 0.3) is 0 Å². The first-order valence-corrected chi connectivity index (χ1v) is 32.6. The van der Waals surface area contributed by atoms with E-state index in [2.05, 4.69) is 99.8 Å². The average molecular weight is 1060 g/mol. The molecule has 1 atom stereocenters. The predicted octanol–water partition coefficient (Wildman–Crippen LogP) is 22.3. The van der Waals surface area contributed by atoms with Crippen molar-refractivity contribution in [1.82, 2.24) is 0 Å². The Hall–Kier alpha value is -3.41. The molecule has 438 valence electrons. The summed E-state index contributed by atoms with van der Waals surface area (Å²) in [5.41, 5.74) is 0. The van der Waals surface area contributed by atoms with Gasteiger partial charge in [0.25, 0.3) is 0 Å². The van der Waals surface area contributed by atoms with Gasteiger partial charge >= 0.3 is 17.9 Å². The first-order chi connectivity index (χ1) is 37.5. The third-order valence-electron chi connectivity index (χ3n) is 14.1. The largest absolute Gasteiger partial charge is 0.462 e. The molecule has 0 aliphatic carbocycles. The van der Waals surface area contributed by atoms with Crippen molar-refractivity contribution in [3.63, 3.8) is 0 Å². The number of ether oxygens (including phenoxy) is 3. The van der Waals surface area contributed by atoms with Gasteiger partial charge in [-0.2, -0.15) is 0 Å². The topological polar surface area (TPSA) is 78.9 Å². The van der Waals surface area contributed by atoms with Gasteiger partial charge in [-0.1, -0.05) is 311 Å². The fraction of sp³-hybridized carbons (Fsp3) is 0.757. The van der Waals surface area contributed by atoms with Gasteiger partial charge in [-0.3, -0.25) is 14.4 Å². The zero-order valence-corrected chi connectivity index (χ0v) is 50.3. The summed E-state index contributed by atoms with van der Waals surface area (Å²) < 4.78 is 16.8. The highest BCUT2D eigenvalue weighted by molar-refractivity contribution is 5.71. The number of hydrogen-bond acceptors (Lipinski definition) is 6. The van der Waals surface area contributed by atoms with E-state index in [1.54, 1.807) is 0 Å². The van der Waals surface area contributed by atoms with Crippen LogP contribution in [0, 0.1) is 0 Å². The maximum Gasteiger partial charge on any atom is 0.306 e. The van der Waals surface area contributed by atoms with Gasteiger partial charge in [-0.15, -0.1) is 0 Å². The Balaban J connectivity index is 4.22. The van der Waals surface area contributed by atoms with Gasteiger partial charge in [0.05, 0.1) is 0 Å². The first kappa shape index (κ1) is 72.6. The lowest BCUT2D eigenvalue weighted by Crippen LogP contribution is -2.30. The molecule has 1 unspecified atom stereocenters. The van der Waals surface area contributed by atoms with E-state index < -0.39 is 12.1 Å². The van der Waals surface area contributed by atoms with E-state index in [-0.39, 0.29) is 31.6 Å². The molecule has 0 aromatic carbocycles. The molecule has 6 nitrogen and oxygen atoms in total. The number of carbonyl (C=O) groups excluding carboxylic acids is 3. The van der Waals surface area contributed by atoms with Crippen LogP contribution < -0.4 is 0 Å². The van der Waals surface area contributed by atoms with Crippen LogP contribution in [-0.2, 0) is 28.6 Å². The minimum Gasteiger partial charge on any atom is -0.462 e. The lowest BCUT2D eigenvalue weighted by molar-refractivity contribution is -0.166. The number of rotatable bonds is 59. The van der Waals surface area contributed by atoms with Crippen LogP contribution in [0.15, 0.2) is 85.1 Å². The van der Waals surface area contributed by atoms with Gasteiger partial charge in [-0.25, -0.2) is 0 Å². The first-order valence-electron chi connectivity index (χ1n) is 32.6. The van der Waals surface area contributed by atoms with E-state index in [0.29, 0.717) is 19.3 Å². The number of unbranched alkanes of at least 4 members (excludes halogenated alkanes) is 34. The monoisotopic (exact) mass is 1060 g/mol. The Morgan fingerprint density at radius 2 is 0.566 bits per heavy atom. The molecule has 0 aliphatic rings. The van der Waals surface area contributed by atoms with Crippen molar-refractivity contribution in [3.8, 4) is 0 Å². The van der Waals surface area contributed by atoms with Crippen molar-refractivity contribution < 1.29 is 28.6 Å². The maximum atomic E-state index is 12.8. The zero-order valence-electron chi connectivity index (χ0n) is 50.3. The number of allylic oxidation sites excluding steroid dienone is 14. The predicted molar refractivity (Wildman–Crippen MR) is 330 cm³/mol. The third kappa shape index (κ3) is 61.4. The second-order valence-corrected chi connectivity index (χ2v) is 21.6. The zero-order chi connectivity index (χ0) is 55.0. The molecule has 6 heteroatoms. The van der Waals surface area contributed by atoms with Crippen molar-refractivity contribution in [1.29, 1.82) is 0 Å². The second kappa shape index (κ2) is 64.1. The molecule has 0 N–H and O–H groups in total. The van der Waals surface area contributed by atoms with Crippen LogP contribution >= 0.6 is 0 Å². The molecule has 0 saturated heterocycles. The van der Waals surface area contributed by atoms with E-state index in [1.165, 1.54) is 180 Å². The third-order valence-corrected chi connectivity index (χ3v) is 14.1. The van der Waals surface area contributed by atoms with Crippen molar-refractivity contribution in [2.45, 2.75) is 329 Å². The van der Waals surface area contributed by atoms with E-state index in [1.807, 2.05) is 6.08 Å². The molecule has 76 heavy (non-hydrogen) atoms. The van der Waals surface area contributed by atoms with Crippen LogP contribution in [0.3, 0.4) is 0 Å². The van der Waals surface area contributed by atoms with E-state index >= 15 is 0 Å². The fourth-order valence-electron chi connectivity index (χ4n) is 9.30. The van der Waals surface area contributed by atoms with Crippen LogP contribution in [-0.4, -0.2) is 37.2 Å². The molecule has 0 aromatic rings. The molecule has 0 saturated carbocycles. The SMILES string of the molecule is CC/C=C\C/C=C\C/C=C\C/C=C\C/C=C\C/C=C\CCC(=O)OC(COC(=O)CCCCCCC/C=C\CCC)COC(=O)CCCCCCCCCCCCCCCCCCCCCCCCCCCCCCC. The lowest BCUT2D eigenvalue weighted by Gasteiger charge is -2.18. The summed E-state index contributed by atoms with van der Waals surface area (Å²) in [7, 11) is 0. The normalized spacial score (nSPS) is 12.6. The summed E-state index contributed by atoms with van der Waals surface area (Å²) >= 11 is 0. The molecule has 0 aliphatic heterocycles. The van der Waals surface area contributed by atoms with Crippen LogP contribution in [0.2, 0.25) is 0 Å². The molecule has 0 fully saturated rings. The summed E-state index contributed by atoms with van der Waals surface area (Å²) in [6, 6.07) is 0. The highest BCUT2D eigenvalue weighted by Gasteiger charge is 2.19. The smallest absolute Gasteiger partial charge is 0.306 e. The number of hydrogen-bond donors (Lipinski definition) is 0. The van der Waals surface area contributed by atoms with Gasteiger partial charge in [-0.05, 0) is 77.0 Å². The maximum absolute atomic E-state index is 12.8. The highest BCUT2D eigenvalue weighted by atomic mass is 16.6. The van der Waals surface area contributed by atoms with Crippen molar-refractivity contribution >= 4 is 17.9 Å². The Kier molecular flexibility index (Phi) is 61.2. The minimum absolute atomic E-state index is 0.107. The van der Waals surface area contributed by atoms with Crippen molar-refractivity contribution in [3.05, 3.63) is 85.1 Å². The summed E-state index contributed by atoms with van der Waals surface area (Å²) in [6.45, 7) is 6.43. The molecule has 0 aromatic heterocycles. The Morgan fingerprint density at radius 3 is 0.908 bits per heavy atom. The van der Waals surface area contributed by atoms with Crippen LogP contribution in [0.4, 0.5) is 0 Å². The molecule has 0 rings (SSSR count). The minimum atomic E-state index is -0.819. The van der Waals surface area contributed by atoms with Gasteiger partial charge in [0, 0.05) is 19.3 Å². The number of esters is 3. The fourth-order valence-corrected chi connectivity index (χ4v) is 9.30. The standard InChI is InChI=1S/C70H122O6/c1-4-7-10-13-16-19-22-24-26-28-30-31-32-33-34-35-36-37-38-39-41-42-44-46-48-51-54-57-60-63-69(72)75-66-67(65-74-68(71)62-59-56-53-50-21-18-15-12-9-6-3)76-70(73)64-61-58-55-52-49-47-45-43-40-29-27-25-23-20-17-14-11-8-5-2/h8,11-12,15,17,20,25,27,40,43,47,49,55,58,67H,4-7,9-10,13-14,16,18-19,21-24,26,28-39,41-42,44-46,48,50-54,56-57,59-66H2,1-3H3/b11-8-,15-12-,20-17-,27-25-,43-40-,49-47-,58-55-. The molecule has 0 heterocycles. The van der Waals surface area contributed by atoms with Crippen molar-refractivity contribution in [2.24, 2.45) is 0 Å². The Labute approximate surface area is 471 Å². The highest BCUT2D eigenvalue weighted by Crippen LogP contribution is 2.18. The lowest BCUT2D eigenvalue weighted by atomic mass is 10.0. The Morgan fingerprint density at radius 1 is 0.276 bits per heavy atom. The van der Waals surface area contributed by atoms with E-state index in [4.69, 9.17) is 14.2 Å². The number of carbonyl (C=O) groups is 3. The van der Waals surface area contributed by atoms with Crippen LogP contribution in [0.5, 0.6) is 0 Å². The molecular formula is C70H122O6.